The van der Waals surface area contributed by atoms with Gasteiger partial charge in [0, 0.05) is 7.11 Å². The average molecular weight is 529 g/mol. The second-order valence-corrected chi connectivity index (χ2v) is 15.4. The molecule has 0 saturated heterocycles. The van der Waals surface area contributed by atoms with Gasteiger partial charge in [0.15, 0.2) is 14.1 Å². The zero-order valence-corrected chi connectivity index (χ0v) is 24.4. The molecule has 0 fully saturated rings. The van der Waals surface area contributed by atoms with Gasteiger partial charge in [-0.15, -0.1) is 0 Å². The van der Waals surface area contributed by atoms with Crippen LogP contribution >= 0.6 is 0 Å². The molecule has 0 N–H and O–H groups in total. The molecule has 0 unspecified atom stereocenters. The maximum absolute atomic E-state index is 13.9. The predicted octanol–water partition coefficient (Wildman–Crippen LogP) is 6.31. The van der Waals surface area contributed by atoms with Gasteiger partial charge in [-0.05, 0) is 36.2 Å². The summed E-state index contributed by atoms with van der Waals surface area (Å²) in [6.45, 7) is 13.6. The van der Waals surface area contributed by atoms with E-state index >= 15 is 0 Å². The summed E-state index contributed by atoms with van der Waals surface area (Å²) in [4.78, 5) is 13.9. The Morgan fingerprint density at radius 3 is 1.92 bits per heavy atom. The van der Waals surface area contributed by atoms with Crippen LogP contribution in [0.3, 0.4) is 0 Å². The molecule has 2 aromatic carbocycles. The minimum absolute atomic E-state index is 0.0104. The van der Waals surface area contributed by atoms with Crippen LogP contribution in [0, 0.1) is 0 Å². The smallest absolute Gasteiger partial charge is 0.196 e. The van der Waals surface area contributed by atoms with Crippen molar-refractivity contribution in [2.45, 2.75) is 77.4 Å². The maximum atomic E-state index is 13.9. The van der Waals surface area contributed by atoms with E-state index in [2.05, 4.69) is 33.9 Å². The van der Waals surface area contributed by atoms with Gasteiger partial charge < -0.3 is 23.4 Å². The Morgan fingerprint density at radius 1 is 0.892 bits per heavy atom. The largest absolute Gasteiger partial charge is 0.414 e. The number of ketones is 1. The molecule has 0 aliphatic carbocycles. The number of benzene rings is 2. The summed E-state index contributed by atoms with van der Waals surface area (Å²) < 4.78 is 30.0. The number of allylic oxidation sites excluding steroid dienone is 1. The molecular formula is C30H44O6Si. The van der Waals surface area contributed by atoms with Gasteiger partial charge in [0.25, 0.3) is 0 Å². The number of carbonyl (C=O) groups excluding carboxylic acids is 1. The van der Waals surface area contributed by atoms with Crippen LogP contribution < -0.4 is 0 Å². The van der Waals surface area contributed by atoms with E-state index in [1.165, 1.54) is 7.11 Å². The van der Waals surface area contributed by atoms with Crippen molar-refractivity contribution in [1.82, 2.24) is 0 Å². The number of hydrogen-bond acceptors (Lipinski definition) is 6. The molecule has 0 saturated carbocycles. The van der Waals surface area contributed by atoms with E-state index in [0.717, 1.165) is 11.1 Å². The van der Waals surface area contributed by atoms with Crippen molar-refractivity contribution in [1.29, 1.82) is 0 Å². The summed E-state index contributed by atoms with van der Waals surface area (Å²) in [6.07, 6.45) is 1.12. The lowest BCUT2D eigenvalue weighted by Gasteiger charge is -2.38. The van der Waals surface area contributed by atoms with Crippen LogP contribution in [-0.4, -0.2) is 52.9 Å². The molecule has 0 aromatic heterocycles. The molecule has 204 valence electrons. The van der Waals surface area contributed by atoms with Crippen molar-refractivity contribution < 1.29 is 28.2 Å². The Hall–Kier alpha value is -2.13. The Kier molecular flexibility index (Phi) is 12.9. The van der Waals surface area contributed by atoms with E-state index in [1.807, 2.05) is 67.6 Å². The lowest BCUT2D eigenvalue weighted by Crippen LogP contribution is -2.49. The van der Waals surface area contributed by atoms with Gasteiger partial charge in [0.05, 0.1) is 19.8 Å². The standard InChI is InChI=1S/C30H44O6Si/c1-8-15-26(35-23-32-5)28(31)29(34-21-25-18-13-10-14-19-25)27(22-36-37(6,7)30(2,3)4)33-20-24-16-11-9-12-17-24/h8-19,26-27,29H,20-23H2,1-7H3/b15-8+/t26-,27-,29-/m1/s1. The molecule has 37 heavy (non-hydrogen) atoms. The summed E-state index contributed by atoms with van der Waals surface area (Å²) in [7, 11) is -0.592. The van der Waals surface area contributed by atoms with Crippen LogP contribution in [0.15, 0.2) is 72.8 Å². The number of rotatable bonds is 16. The molecule has 7 heteroatoms. The first-order chi connectivity index (χ1) is 17.6. The predicted molar refractivity (Wildman–Crippen MR) is 150 cm³/mol. The highest BCUT2D eigenvalue weighted by atomic mass is 28.4. The van der Waals surface area contributed by atoms with E-state index in [4.69, 9.17) is 23.4 Å². The molecule has 0 radical (unpaired) electrons. The SMILES string of the molecule is C/C=C/[C@@H](OCOC)C(=O)[C@H](OCc1ccccc1)[C@@H](CO[Si](C)(C)C(C)(C)C)OCc1ccccc1. The van der Waals surface area contributed by atoms with E-state index in [0.29, 0.717) is 6.61 Å². The van der Waals surface area contributed by atoms with Gasteiger partial charge in [-0.1, -0.05) is 93.6 Å². The van der Waals surface area contributed by atoms with Crippen molar-refractivity contribution >= 4 is 14.1 Å². The van der Waals surface area contributed by atoms with Crippen LogP contribution in [0.5, 0.6) is 0 Å². The summed E-state index contributed by atoms with van der Waals surface area (Å²) in [5.41, 5.74) is 1.97. The van der Waals surface area contributed by atoms with Crippen LogP contribution in [0.1, 0.15) is 38.8 Å². The van der Waals surface area contributed by atoms with Crippen molar-refractivity contribution in [2.24, 2.45) is 0 Å². The monoisotopic (exact) mass is 528 g/mol. The molecular weight excluding hydrogens is 484 g/mol. The fourth-order valence-corrected chi connectivity index (χ4v) is 4.36. The molecule has 0 bridgehead atoms. The summed E-state index contributed by atoms with van der Waals surface area (Å²) in [5, 5.41) is 0.0104. The lowest BCUT2D eigenvalue weighted by molar-refractivity contribution is -0.162. The van der Waals surface area contributed by atoms with Crippen LogP contribution in [0.4, 0.5) is 0 Å². The fourth-order valence-electron chi connectivity index (χ4n) is 3.35. The highest BCUT2D eigenvalue weighted by molar-refractivity contribution is 6.74. The molecule has 0 aliphatic rings. The van der Waals surface area contributed by atoms with Gasteiger partial charge in [-0.2, -0.15) is 0 Å². The third kappa shape index (κ3) is 10.3. The van der Waals surface area contributed by atoms with Gasteiger partial charge in [0.2, 0.25) is 0 Å². The number of Topliss-reactive ketones (excluding diaryl/α,β-unsaturated/α-hetero) is 1. The molecule has 3 atom stereocenters. The molecule has 2 aromatic rings. The van der Waals surface area contributed by atoms with E-state index in [-0.39, 0.29) is 30.8 Å². The lowest BCUT2D eigenvalue weighted by atomic mass is 10.0. The molecule has 0 amide bonds. The van der Waals surface area contributed by atoms with Crippen LogP contribution in [-0.2, 0) is 41.4 Å². The molecule has 6 nitrogen and oxygen atoms in total. The Morgan fingerprint density at radius 2 is 1.43 bits per heavy atom. The second kappa shape index (κ2) is 15.3. The Bertz CT molecular complexity index is 940. The third-order valence-electron chi connectivity index (χ3n) is 6.63. The first-order valence-corrected chi connectivity index (χ1v) is 15.7. The summed E-state index contributed by atoms with van der Waals surface area (Å²) >= 11 is 0. The quantitative estimate of drug-likeness (QED) is 0.144. The first-order valence-electron chi connectivity index (χ1n) is 12.8. The number of carbonyl (C=O) groups is 1. The van der Waals surface area contributed by atoms with Crippen molar-refractivity contribution in [3.05, 3.63) is 83.9 Å². The summed E-state index contributed by atoms with van der Waals surface area (Å²) in [6, 6.07) is 19.7. The molecule has 0 heterocycles. The topological polar surface area (TPSA) is 63.2 Å². The van der Waals surface area contributed by atoms with Crippen LogP contribution in [0.25, 0.3) is 0 Å². The van der Waals surface area contributed by atoms with Gasteiger partial charge in [-0.3, -0.25) is 4.79 Å². The van der Waals surface area contributed by atoms with Gasteiger partial charge in [0.1, 0.15) is 25.1 Å². The maximum Gasteiger partial charge on any atom is 0.196 e. The molecule has 2 rings (SSSR count). The van der Waals surface area contributed by atoms with E-state index < -0.39 is 26.6 Å². The van der Waals surface area contributed by atoms with E-state index in [1.54, 1.807) is 12.2 Å². The van der Waals surface area contributed by atoms with Gasteiger partial charge >= 0.3 is 0 Å². The normalized spacial score (nSPS) is 15.0. The third-order valence-corrected chi connectivity index (χ3v) is 11.1. The highest BCUT2D eigenvalue weighted by Gasteiger charge is 2.40. The Balaban J connectivity index is 2.37. The zero-order chi connectivity index (χ0) is 27.3. The minimum Gasteiger partial charge on any atom is -0.414 e. The van der Waals surface area contributed by atoms with E-state index in [9.17, 15) is 4.79 Å². The fraction of sp³-hybridized carbons (Fsp3) is 0.500. The van der Waals surface area contributed by atoms with Gasteiger partial charge in [-0.25, -0.2) is 0 Å². The van der Waals surface area contributed by atoms with Crippen molar-refractivity contribution in [2.75, 3.05) is 20.5 Å². The Labute approximate surface area is 224 Å². The minimum atomic E-state index is -2.12. The first kappa shape index (κ1) is 31.1. The zero-order valence-electron chi connectivity index (χ0n) is 23.4. The summed E-state index contributed by atoms with van der Waals surface area (Å²) in [5.74, 6) is -0.233. The average Bonchev–Trinajstić information content (AvgIpc) is 2.88. The van der Waals surface area contributed by atoms with Crippen molar-refractivity contribution in [3.8, 4) is 0 Å². The number of methoxy groups -OCH3 is 1. The number of ether oxygens (including phenoxy) is 4. The van der Waals surface area contributed by atoms with Crippen LogP contribution in [0.2, 0.25) is 18.1 Å². The highest BCUT2D eigenvalue weighted by Crippen LogP contribution is 2.37. The molecule has 0 spiro atoms. The van der Waals surface area contributed by atoms with Crippen molar-refractivity contribution in [3.63, 3.8) is 0 Å². The second-order valence-electron chi connectivity index (χ2n) is 10.5. The molecule has 0 aliphatic heterocycles. The number of hydrogen-bond donors (Lipinski definition) is 0.